The summed E-state index contributed by atoms with van der Waals surface area (Å²) in [6, 6.07) is -0.231. The van der Waals surface area contributed by atoms with Gasteiger partial charge < -0.3 is 10.1 Å². The van der Waals surface area contributed by atoms with Gasteiger partial charge in [-0.2, -0.15) is 13.2 Å². The molecular formula is C9H14F3NO4S. The molecule has 1 aliphatic rings. The molecule has 1 aliphatic heterocycles. The van der Waals surface area contributed by atoms with Gasteiger partial charge in [-0.25, -0.2) is 8.42 Å². The summed E-state index contributed by atoms with van der Waals surface area (Å²) in [6.45, 7) is -1.49. The Labute approximate surface area is 103 Å². The maximum absolute atomic E-state index is 11.7. The highest BCUT2D eigenvalue weighted by Crippen LogP contribution is 2.15. The number of hydrogen-bond donors (Lipinski definition) is 1. The van der Waals surface area contributed by atoms with Crippen LogP contribution >= 0.6 is 0 Å². The third-order valence-electron chi connectivity index (χ3n) is 2.39. The quantitative estimate of drug-likeness (QED) is 0.735. The van der Waals surface area contributed by atoms with E-state index in [1.165, 1.54) is 0 Å². The van der Waals surface area contributed by atoms with Crippen LogP contribution in [0, 0.1) is 0 Å². The predicted octanol–water partition coefficient (Wildman–Crippen LogP) is 0.259. The molecule has 0 aromatic rings. The maximum Gasteiger partial charge on any atom is 0.422 e. The minimum atomic E-state index is -4.53. The summed E-state index contributed by atoms with van der Waals surface area (Å²) < 4.78 is 61.3. The van der Waals surface area contributed by atoms with Crippen molar-refractivity contribution in [3.8, 4) is 0 Å². The highest BCUT2D eigenvalue weighted by molar-refractivity contribution is 7.91. The second kappa shape index (κ2) is 5.87. The van der Waals surface area contributed by atoms with E-state index in [4.69, 9.17) is 0 Å². The number of halogens is 3. The molecule has 1 heterocycles. The molecule has 1 atom stereocenters. The summed E-state index contributed by atoms with van der Waals surface area (Å²) in [5.41, 5.74) is 0. The van der Waals surface area contributed by atoms with E-state index in [0.29, 0.717) is 6.42 Å². The predicted molar refractivity (Wildman–Crippen MR) is 56.7 cm³/mol. The molecule has 0 aromatic carbocycles. The molecule has 5 nitrogen and oxygen atoms in total. The van der Waals surface area contributed by atoms with Gasteiger partial charge in [0, 0.05) is 12.6 Å². The third kappa shape index (κ3) is 6.20. The Morgan fingerprint density at radius 2 is 2.06 bits per heavy atom. The van der Waals surface area contributed by atoms with E-state index in [-0.39, 0.29) is 30.5 Å². The van der Waals surface area contributed by atoms with E-state index >= 15 is 0 Å². The van der Waals surface area contributed by atoms with Crippen molar-refractivity contribution in [1.29, 1.82) is 0 Å². The number of nitrogens with one attached hydrogen (secondary N) is 1. The molecule has 0 amide bonds. The lowest BCUT2D eigenvalue weighted by Crippen LogP contribution is -2.32. The summed E-state index contributed by atoms with van der Waals surface area (Å²) in [5.74, 6) is -0.853. The zero-order chi connectivity index (χ0) is 13.8. The molecule has 1 fully saturated rings. The molecule has 0 aromatic heterocycles. The van der Waals surface area contributed by atoms with Gasteiger partial charge in [0.05, 0.1) is 17.9 Å². The first-order chi connectivity index (χ1) is 8.18. The lowest BCUT2D eigenvalue weighted by molar-refractivity contribution is -0.186. The molecule has 0 radical (unpaired) electrons. The van der Waals surface area contributed by atoms with E-state index in [2.05, 4.69) is 10.1 Å². The molecule has 9 heteroatoms. The second-order valence-electron chi connectivity index (χ2n) is 4.08. The summed E-state index contributed by atoms with van der Waals surface area (Å²) in [5, 5.41) is 2.80. The minimum Gasteiger partial charge on any atom is -0.456 e. The SMILES string of the molecule is O=C(CCN[C@H]1CCS(=O)(=O)C1)OCC(F)(F)F. The van der Waals surface area contributed by atoms with Crippen LogP contribution in [0.15, 0.2) is 0 Å². The summed E-state index contributed by atoms with van der Waals surface area (Å²) >= 11 is 0. The van der Waals surface area contributed by atoms with Gasteiger partial charge >= 0.3 is 12.1 Å². The monoisotopic (exact) mass is 289 g/mol. The van der Waals surface area contributed by atoms with Crippen LogP contribution in [0.4, 0.5) is 13.2 Å². The first-order valence-corrected chi connectivity index (χ1v) is 7.16. The number of hydrogen-bond acceptors (Lipinski definition) is 5. The Balaban J connectivity index is 2.13. The van der Waals surface area contributed by atoms with Crippen LogP contribution in [0.3, 0.4) is 0 Å². The van der Waals surface area contributed by atoms with Crippen molar-refractivity contribution in [1.82, 2.24) is 5.32 Å². The lowest BCUT2D eigenvalue weighted by Gasteiger charge is -2.11. The van der Waals surface area contributed by atoms with Gasteiger partial charge in [0.1, 0.15) is 0 Å². The first-order valence-electron chi connectivity index (χ1n) is 5.34. The van der Waals surface area contributed by atoms with Crippen LogP contribution in [-0.4, -0.2) is 51.3 Å². The van der Waals surface area contributed by atoms with Gasteiger partial charge in [-0.15, -0.1) is 0 Å². The molecule has 0 aliphatic carbocycles. The standard InChI is InChI=1S/C9H14F3NO4S/c10-9(11,12)6-17-8(14)1-3-13-7-2-4-18(15,16)5-7/h7,13H,1-6H2/t7-/m0/s1. The molecule has 0 bridgehead atoms. The van der Waals surface area contributed by atoms with Crippen molar-refractivity contribution in [3.05, 3.63) is 0 Å². The summed E-state index contributed by atoms with van der Waals surface area (Å²) in [7, 11) is -3.00. The normalized spacial score (nSPS) is 22.9. The van der Waals surface area contributed by atoms with Gasteiger partial charge in [-0.05, 0) is 6.42 Å². The van der Waals surface area contributed by atoms with Crippen LogP contribution in [-0.2, 0) is 19.4 Å². The highest BCUT2D eigenvalue weighted by atomic mass is 32.2. The van der Waals surface area contributed by atoms with Crippen LogP contribution in [0.5, 0.6) is 0 Å². The highest BCUT2D eigenvalue weighted by Gasteiger charge is 2.30. The second-order valence-corrected chi connectivity index (χ2v) is 6.31. The fourth-order valence-corrected chi connectivity index (χ4v) is 3.28. The molecule has 0 unspecified atom stereocenters. The largest absolute Gasteiger partial charge is 0.456 e. The number of ether oxygens (including phenoxy) is 1. The topological polar surface area (TPSA) is 72.5 Å². The van der Waals surface area contributed by atoms with Crippen molar-refractivity contribution in [2.24, 2.45) is 0 Å². The van der Waals surface area contributed by atoms with E-state index in [9.17, 15) is 26.4 Å². The Hall–Kier alpha value is -0.830. The van der Waals surface area contributed by atoms with Crippen molar-refractivity contribution in [3.63, 3.8) is 0 Å². The van der Waals surface area contributed by atoms with Crippen LogP contribution in [0.2, 0.25) is 0 Å². The molecule has 0 saturated carbocycles. The van der Waals surface area contributed by atoms with Crippen LogP contribution < -0.4 is 5.32 Å². The van der Waals surface area contributed by atoms with E-state index in [0.717, 1.165) is 0 Å². The van der Waals surface area contributed by atoms with Crippen molar-refractivity contribution < 1.29 is 31.1 Å². The molecule has 106 valence electrons. The molecule has 1 N–H and O–H groups in total. The Morgan fingerprint density at radius 1 is 1.39 bits per heavy atom. The van der Waals surface area contributed by atoms with Crippen molar-refractivity contribution >= 4 is 15.8 Å². The Bertz CT molecular complexity index is 393. The van der Waals surface area contributed by atoms with Gasteiger partial charge in [0.15, 0.2) is 16.4 Å². The van der Waals surface area contributed by atoms with Gasteiger partial charge in [-0.3, -0.25) is 4.79 Å². The lowest BCUT2D eigenvalue weighted by atomic mass is 10.2. The van der Waals surface area contributed by atoms with Gasteiger partial charge in [0.2, 0.25) is 0 Å². The molecule has 1 rings (SSSR count). The average molecular weight is 289 g/mol. The van der Waals surface area contributed by atoms with Crippen LogP contribution in [0.1, 0.15) is 12.8 Å². The van der Waals surface area contributed by atoms with Crippen molar-refractivity contribution in [2.75, 3.05) is 24.7 Å². The first kappa shape index (κ1) is 15.2. The van der Waals surface area contributed by atoms with Crippen LogP contribution in [0.25, 0.3) is 0 Å². The fourth-order valence-electron chi connectivity index (χ4n) is 1.57. The number of carbonyl (C=O) groups is 1. The number of sulfone groups is 1. The fraction of sp³-hybridized carbons (Fsp3) is 0.889. The molecular weight excluding hydrogens is 275 g/mol. The zero-order valence-corrected chi connectivity index (χ0v) is 10.3. The number of esters is 1. The number of alkyl halides is 3. The third-order valence-corrected chi connectivity index (χ3v) is 4.16. The van der Waals surface area contributed by atoms with Gasteiger partial charge in [0.25, 0.3) is 0 Å². The Kier molecular flexibility index (Phi) is 4.97. The average Bonchev–Trinajstić information content (AvgIpc) is 2.54. The summed E-state index contributed by atoms with van der Waals surface area (Å²) in [6.07, 6.45) is -4.28. The number of rotatable bonds is 5. The maximum atomic E-state index is 11.7. The van der Waals surface area contributed by atoms with E-state index in [1.54, 1.807) is 0 Å². The van der Waals surface area contributed by atoms with E-state index < -0.39 is 28.6 Å². The molecule has 0 spiro atoms. The smallest absolute Gasteiger partial charge is 0.422 e. The molecule has 1 saturated heterocycles. The van der Waals surface area contributed by atoms with E-state index in [1.807, 2.05) is 0 Å². The molecule has 18 heavy (non-hydrogen) atoms. The number of carbonyl (C=O) groups excluding carboxylic acids is 1. The summed E-state index contributed by atoms with van der Waals surface area (Å²) in [4.78, 5) is 10.9. The van der Waals surface area contributed by atoms with Gasteiger partial charge in [-0.1, -0.05) is 0 Å². The zero-order valence-electron chi connectivity index (χ0n) is 9.50. The Morgan fingerprint density at radius 3 is 2.56 bits per heavy atom. The van der Waals surface area contributed by atoms with Crippen molar-refractivity contribution in [2.45, 2.75) is 25.1 Å². The minimum absolute atomic E-state index is 0.00456.